The van der Waals surface area contributed by atoms with Crippen molar-refractivity contribution in [2.24, 2.45) is 0 Å². The number of thiophene rings is 1. The van der Waals surface area contributed by atoms with Crippen LogP contribution in [0.2, 0.25) is 0 Å². The molecule has 5 heteroatoms. The fourth-order valence-electron chi connectivity index (χ4n) is 2.35. The minimum absolute atomic E-state index is 0.151. The first-order chi connectivity index (χ1) is 9.18. The number of nitrogens with zero attached hydrogens (tertiary/aromatic N) is 1. The van der Waals surface area contributed by atoms with Crippen LogP contribution in [0, 0.1) is 0 Å². The summed E-state index contributed by atoms with van der Waals surface area (Å²) in [6, 6.07) is 3.60. The molecule has 1 aromatic heterocycles. The minimum Gasteiger partial charge on any atom is -0.386 e. The van der Waals surface area contributed by atoms with Crippen LogP contribution in [0.3, 0.4) is 0 Å². The number of hydrogen-bond donors (Lipinski definition) is 2. The summed E-state index contributed by atoms with van der Waals surface area (Å²) in [6.07, 6.45) is 2.91. The van der Waals surface area contributed by atoms with Gasteiger partial charge in [-0.05, 0) is 37.6 Å². The van der Waals surface area contributed by atoms with E-state index in [1.54, 1.807) is 0 Å². The zero-order valence-corrected chi connectivity index (χ0v) is 12.2. The lowest BCUT2D eigenvalue weighted by Crippen LogP contribution is -2.47. The molecule has 2 atom stereocenters. The van der Waals surface area contributed by atoms with Crippen LogP contribution in [0.4, 0.5) is 0 Å². The van der Waals surface area contributed by atoms with Crippen LogP contribution in [0.25, 0.3) is 0 Å². The molecule has 19 heavy (non-hydrogen) atoms. The van der Waals surface area contributed by atoms with E-state index in [1.807, 2.05) is 29.3 Å². The fraction of sp³-hybridized carbons (Fsp3) is 0.643. The van der Waals surface area contributed by atoms with Crippen LogP contribution in [-0.4, -0.2) is 41.6 Å². The molecule has 1 amide bonds. The van der Waals surface area contributed by atoms with Gasteiger partial charge in [-0.15, -0.1) is 11.3 Å². The molecule has 2 heterocycles. The zero-order chi connectivity index (χ0) is 13.7. The molecule has 2 rings (SSSR count). The highest BCUT2D eigenvalue weighted by Gasteiger charge is 2.22. The van der Waals surface area contributed by atoms with Gasteiger partial charge in [0.1, 0.15) is 6.10 Å². The summed E-state index contributed by atoms with van der Waals surface area (Å²) in [5.74, 6) is 0.151. The highest BCUT2D eigenvalue weighted by molar-refractivity contribution is 7.10. The topological polar surface area (TPSA) is 52.6 Å². The third kappa shape index (κ3) is 4.03. The number of carbonyl (C=O) groups is 1. The standard InChI is InChI=1S/C14H22N2O2S/c1-11(14(18)16-7-3-2-4-8-16)15-10-12(17)13-6-5-9-19-13/h5-6,9,11-12,15,17H,2-4,7-8,10H2,1H3. The Balaban J connectivity index is 1.77. The highest BCUT2D eigenvalue weighted by Crippen LogP contribution is 2.18. The summed E-state index contributed by atoms with van der Waals surface area (Å²) in [4.78, 5) is 15.0. The lowest BCUT2D eigenvalue weighted by atomic mass is 10.1. The Morgan fingerprint density at radius 2 is 2.21 bits per heavy atom. The smallest absolute Gasteiger partial charge is 0.239 e. The summed E-state index contributed by atoms with van der Waals surface area (Å²) >= 11 is 1.53. The van der Waals surface area contributed by atoms with Crippen LogP contribution >= 0.6 is 11.3 Å². The molecule has 2 N–H and O–H groups in total. The van der Waals surface area contributed by atoms with Gasteiger partial charge in [-0.1, -0.05) is 6.07 Å². The van der Waals surface area contributed by atoms with E-state index in [-0.39, 0.29) is 11.9 Å². The lowest BCUT2D eigenvalue weighted by Gasteiger charge is -2.29. The Morgan fingerprint density at radius 1 is 1.47 bits per heavy atom. The first kappa shape index (κ1) is 14.5. The molecule has 0 bridgehead atoms. The Kier molecular flexibility index (Phi) is 5.36. The van der Waals surface area contributed by atoms with Crippen molar-refractivity contribution in [3.8, 4) is 0 Å². The number of rotatable bonds is 5. The van der Waals surface area contributed by atoms with E-state index >= 15 is 0 Å². The van der Waals surface area contributed by atoms with Crippen molar-refractivity contribution < 1.29 is 9.90 Å². The van der Waals surface area contributed by atoms with E-state index in [2.05, 4.69) is 5.32 Å². The molecular formula is C14H22N2O2S. The van der Waals surface area contributed by atoms with E-state index in [4.69, 9.17) is 0 Å². The largest absolute Gasteiger partial charge is 0.386 e. The molecule has 1 saturated heterocycles. The molecule has 0 aromatic carbocycles. The van der Waals surface area contributed by atoms with Gasteiger partial charge in [-0.2, -0.15) is 0 Å². The number of aliphatic hydroxyl groups excluding tert-OH is 1. The molecule has 1 aliphatic rings. The average molecular weight is 282 g/mol. The second-order valence-electron chi connectivity index (χ2n) is 5.05. The first-order valence-electron chi connectivity index (χ1n) is 6.92. The van der Waals surface area contributed by atoms with Crippen LogP contribution in [-0.2, 0) is 4.79 Å². The number of hydrogen-bond acceptors (Lipinski definition) is 4. The maximum atomic E-state index is 12.2. The molecule has 2 unspecified atom stereocenters. The van der Waals surface area contributed by atoms with Crippen molar-refractivity contribution in [1.82, 2.24) is 10.2 Å². The van der Waals surface area contributed by atoms with Gasteiger partial charge in [-0.25, -0.2) is 0 Å². The predicted molar refractivity (Wildman–Crippen MR) is 77.2 cm³/mol. The van der Waals surface area contributed by atoms with Crippen LogP contribution in [0.1, 0.15) is 37.2 Å². The maximum absolute atomic E-state index is 12.2. The molecule has 0 radical (unpaired) electrons. The monoisotopic (exact) mass is 282 g/mol. The summed E-state index contributed by atoms with van der Waals surface area (Å²) in [6.45, 7) is 4.04. The Bertz CT molecular complexity index is 388. The summed E-state index contributed by atoms with van der Waals surface area (Å²) in [5, 5.41) is 15.1. The molecular weight excluding hydrogens is 260 g/mol. The average Bonchev–Trinajstić information content (AvgIpc) is 2.98. The van der Waals surface area contributed by atoms with Crippen molar-refractivity contribution in [2.45, 2.75) is 38.3 Å². The minimum atomic E-state index is -0.531. The van der Waals surface area contributed by atoms with Gasteiger partial charge in [-0.3, -0.25) is 4.79 Å². The SMILES string of the molecule is CC(NCC(O)c1cccs1)C(=O)N1CCCCC1. The van der Waals surface area contributed by atoms with Gasteiger partial charge in [0.2, 0.25) is 5.91 Å². The molecule has 1 fully saturated rings. The first-order valence-corrected chi connectivity index (χ1v) is 7.80. The van der Waals surface area contributed by atoms with Crippen molar-refractivity contribution in [1.29, 1.82) is 0 Å². The van der Waals surface area contributed by atoms with E-state index in [1.165, 1.54) is 17.8 Å². The third-order valence-corrected chi connectivity index (χ3v) is 4.50. The van der Waals surface area contributed by atoms with Gasteiger partial charge in [0, 0.05) is 24.5 Å². The molecule has 1 aliphatic heterocycles. The van der Waals surface area contributed by atoms with Crippen molar-refractivity contribution in [2.75, 3.05) is 19.6 Å². The fourth-order valence-corrected chi connectivity index (χ4v) is 3.06. The molecule has 4 nitrogen and oxygen atoms in total. The highest BCUT2D eigenvalue weighted by atomic mass is 32.1. The van der Waals surface area contributed by atoms with Gasteiger partial charge in [0.05, 0.1) is 6.04 Å². The second kappa shape index (κ2) is 7.03. The van der Waals surface area contributed by atoms with Gasteiger partial charge in [0.15, 0.2) is 0 Å². The van der Waals surface area contributed by atoms with Gasteiger partial charge in [0.25, 0.3) is 0 Å². The lowest BCUT2D eigenvalue weighted by molar-refractivity contribution is -0.134. The Labute approximate surface area is 118 Å². The number of likely N-dealkylation sites (tertiary alicyclic amines) is 1. The van der Waals surface area contributed by atoms with Gasteiger partial charge >= 0.3 is 0 Å². The van der Waals surface area contributed by atoms with Crippen molar-refractivity contribution in [3.05, 3.63) is 22.4 Å². The number of aliphatic hydroxyl groups is 1. The molecule has 0 aliphatic carbocycles. The predicted octanol–water partition coefficient (Wildman–Crippen LogP) is 1.77. The van der Waals surface area contributed by atoms with Crippen molar-refractivity contribution >= 4 is 17.2 Å². The van der Waals surface area contributed by atoms with Crippen molar-refractivity contribution in [3.63, 3.8) is 0 Å². The molecule has 106 valence electrons. The quantitative estimate of drug-likeness (QED) is 0.865. The molecule has 0 spiro atoms. The normalized spacial score (nSPS) is 19.2. The summed E-state index contributed by atoms with van der Waals surface area (Å²) in [7, 11) is 0. The van der Waals surface area contributed by atoms with E-state index < -0.39 is 6.10 Å². The third-order valence-electron chi connectivity index (χ3n) is 3.53. The summed E-state index contributed by atoms with van der Waals surface area (Å²) in [5.41, 5.74) is 0. The number of piperidine rings is 1. The maximum Gasteiger partial charge on any atom is 0.239 e. The van der Waals surface area contributed by atoms with Crippen LogP contribution in [0.5, 0.6) is 0 Å². The zero-order valence-electron chi connectivity index (χ0n) is 11.3. The molecule has 1 aromatic rings. The second-order valence-corrected chi connectivity index (χ2v) is 6.03. The molecule has 0 saturated carbocycles. The van der Waals surface area contributed by atoms with Crippen LogP contribution < -0.4 is 5.32 Å². The van der Waals surface area contributed by atoms with E-state index in [9.17, 15) is 9.90 Å². The van der Waals surface area contributed by atoms with E-state index in [0.29, 0.717) is 6.54 Å². The van der Waals surface area contributed by atoms with Gasteiger partial charge < -0.3 is 15.3 Å². The Hall–Kier alpha value is -0.910. The summed E-state index contributed by atoms with van der Waals surface area (Å²) < 4.78 is 0. The number of carbonyl (C=O) groups excluding carboxylic acids is 1. The van der Waals surface area contributed by atoms with Crippen LogP contribution in [0.15, 0.2) is 17.5 Å². The Morgan fingerprint density at radius 3 is 2.84 bits per heavy atom. The van der Waals surface area contributed by atoms with E-state index in [0.717, 1.165) is 30.8 Å². The number of amides is 1. The number of nitrogens with one attached hydrogen (secondary N) is 1.